The molecule has 4 heteroatoms. The van der Waals surface area contributed by atoms with Crippen molar-refractivity contribution in [3.05, 3.63) is 30.1 Å². The molecule has 0 aromatic carbocycles. The highest BCUT2D eigenvalue weighted by molar-refractivity contribution is 9.10. The Balaban J connectivity index is 2.69. The normalized spacial score (nSPS) is 12.5. The molecule has 0 bridgehead atoms. The third kappa shape index (κ3) is 3.14. The Morgan fingerprint density at radius 3 is 3.00 bits per heavy atom. The first-order valence-corrected chi connectivity index (χ1v) is 4.82. The van der Waals surface area contributed by atoms with E-state index in [1.807, 2.05) is 36.0 Å². The Labute approximate surface area is 85.1 Å². The summed E-state index contributed by atoms with van der Waals surface area (Å²) in [5.74, 6) is -1.09. The Kier molecular flexibility index (Phi) is 3.42. The molecule has 0 radical (unpaired) electrons. The largest absolute Gasteiger partial charge is 0.549 e. The molecule has 1 aromatic heterocycles. The standard InChI is InChI=1S/C9H10BrNO2/c1-7-3-2-4-11(5-7)6-8(10)9(12)13/h2-5,8H,6H2,1H3/t8-/m1/s1. The molecule has 0 aliphatic rings. The lowest BCUT2D eigenvalue weighted by Crippen LogP contribution is -2.44. The number of aromatic nitrogens is 1. The maximum atomic E-state index is 10.4. The lowest BCUT2D eigenvalue weighted by molar-refractivity contribution is -0.695. The van der Waals surface area contributed by atoms with Gasteiger partial charge < -0.3 is 9.90 Å². The van der Waals surface area contributed by atoms with E-state index in [0.717, 1.165) is 5.56 Å². The van der Waals surface area contributed by atoms with Gasteiger partial charge in [0, 0.05) is 11.6 Å². The monoisotopic (exact) mass is 243 g/mol. The van der Waals surface area contributed by atoms with E-state index in [0.29, 0.717) is 6.54 Å². The van der Waals surface area contributed by atoms with E-state index in [-0.39, 0.29) is 0 Å². The summed E-state index contributed by atoms with van der Waals surface area (Å²) in [5, 5.41) is 10.4. The van der Waals surface area contributed by atoms with Crippen LogP contribution >= 0.6 is 15.9 Å². The van der Waals surface area contributed by atoms with Crippen LogP contribution in [-0.4, -0.2) is 10.8 Å². The molecule has 3 nitrogen and oxygen atoms in total. The number of nitrogens with zero attached hydrogens (tertiary/aromatic N) is 1. The average Bonchev–Trinajstić information content (AvgIpc) is 2.04. The van der Waals surface area contributed by atoms with Crippen LogP contribution in [0.1, 0.15) is 5.56 Å². The van der Waals surface area contributed by atoms with Gasteiger partial charge in [0.15, 0.2) is 18.9 Å². The molecule has 0 unspecified atom stereocenters. The van der Waals surface area contributed by atoms with Crippen molar-refractivity contribution in [2.75, 3.05) is 0 Å². The van der Waals surface area contributed by atoms with Crippen molar-refractivity contribution in [1.82, 2.24) is 0 Å². The Bertz CT molecular complexity index is 314. The predicted molar refractivity (Wildman–Crippen MR) is 49.1 cm³/mol. The van der Waals surface area contributed by atoms with E-state index in [2.05, 4.69) is 15.9 Å². The lowest BCUT2D eigenvalue weighted by Gasteiger charge is -2.06. The van der Waals surface area contributed by atoms with Gasteiger partial charge in [0.2, 0.25) is 0 Å². The summed E-state index contributed by atoms with van der Waals surface area (Å²) >= 11 is 3.02. The van der Waals surface area contributed by atoms with Crippen LogP contribution in [0.25, 0.3) is 0 Å². The first-order chi connectivity index (χ1) is 6.09. The topological polar surface area (TPSA) is 44.0 Å². The van der Waals surface area contributed by atoms with E-state index in [9.17, 15) is 9.90 Å². The molecule has 0 saturated heterocycles. The van der Waals surface area contributed by atoms with E-state index < -0.39 is 10.8 Å². The van der Waals surface area contributed by atoms with Gasteiger partial charge in [-0.1, -0.05) is 15.9 Å². The molecular weight excluding hydrogens is 234 g/mol. The third-order valence-corrected chi connectivity index (χ3v) is 2.30. The zero-order chi connectivity index (χ0) is 9.84. The van der Waals surface area contributed by atoms with E-state index in [4.69, 9.17) is 0 Å². The Hall–Kier alpha value is -0.900. The first kappa shape index (κ1) is 10.2. The highest BCUT2D eigenvalue weighted by Gasteiger charge is 2.11. The number of aliphatic carboxylic acids is 1. The molecule has 0 N–H and O–H groups in total. The number of hydrogen-bond donors (Lipinski definition) is 0. The van der Waals surface area contributed by atoms with E-state index in [1.54, 1.807) is 0 Å². The van der Waals surface area contributed by atoms with Crippen LogP contribution in [0.3, 0.4) is 0 Å². The molecular formula is C9H10BrNO2. The number of carboxylic acid groups (broad SMARTS) is 1. The lowest BCUT2D eigenvalue weighted by atomic mass is 10.3. The molecule has 1 aromatic rings. The summed E-state index contributed by atoms with van der Waals surface area (Å²) in [5.41, 5.74) is 1.10. The molecule has 1 atom stereocenters. The minimum absolute atomic E-state index is 0.379. The summed E-state index contributed by atoms with van der Waals surface area (Å²) in [6, 6.07) is 3.84. The number of carboxylic acids is 1. The molecule has 1 heterocycles. The van der Waals surface area contributed by atoms with Crippen molar-refractivity contribution in [2.45, 2.75) is 18.3 Å². The zero-order valence-corrected chi connectivity index (χ0v) is 8.82. The summed E-state index contributed by atoms with van der Waals surface area (Å²) in [6.45, 7) is 2.34. The van der Waals surface area contributed by atoms with Crippen molar-refractivity contribution in [3.63, 3.8) is 0 Å². The van der Waals surface area contributed by atoms with Gasteiger partial charge in [0.25, 0.3) is 0 Å². The fourth-order valence-corrected chi connectivity index (χ4v) is 1.36. The van der Waals surface area contributed by atoms with Crippen LogP contribution in [0.5, 0.6) is 0 Å². The van der Waals surface area contributed by atoms with Crippen LogP contribution in [0.2, 0.25) is 0 Å². The van der Waals surface area contributed by atoms with Gasteiger partial charge >= 0.3 is 0 Å². The minimum Gasteiger partial charge on any atom is -0.549 e. The molecule has 70 valence electrons. The second-order valence-electron chi connectivity index (χ2n) is 2.86. The van der Waals surface area contributed by atoms with E-state index in [1.165, 1.54) is 0 Å². The van der Waals surface area contributed by atoms with Crippen LogP contribution in [0, 0.1) is 6.92 Å². The number of rotatable bonds is 3. The molecule has 0 spiro atoms. The minimum atomic E-state index is -1.09. The predicted octanol–water partition coefficient (Wildman–Crippen LogP) is -0.204. The van der Waals surface area contributed by atoms with Crippen molar-refractivity contribution in [3.8, 4) is 0 Å². The van der Waals surface area contributed by atoms with Gasteiger partial charge in [-0.2, -0.15) is 0 Å². The third-order valence-electron chi connectivity index (χ3n) is 1.63. The van der Waals surface area contributed by atoms with Gasteiger partial charge in [-0.05, 0) is 13.0 Å². The maximum Gasteiger partial charge on any atom is 0.171 e. The average molecular weight is 244 g/mol. The quantitative estimate of drug-likeness (QED) is 0.545. The zero-order valence-electron chi connectivity index (χ0n) is 7.24. The van der Waals surface area contributed by atoms with Crippen molar-refractivity contribution in [2.24, 2.45) is 0 Å². The number of hydrogen-bond acceptors (Lipinski definition) is 2. The highest BCUT2D eigenvalue weighted by atomic mass is 79.9. The van der Waals surface area contributed by atoms with Gasteiger partial charge in [-0.25, -0.2) is 4.57 Å². The molecule has 1 rings (SSSR count). The van der Waals surface area contributed by atoms with Gasteiger partial charge in [0.1, 0.15) is 4.83 Å². The number of pyridine rings is 1. The highest BCUT2D eigenvalue weighted by Crippen LogP contribution is 1.98. The summed E-state index contributed by atoms with van der Waals surface area (Å²) < 4.78 is 1.81. The molecule has 0 amide bonds. The molecule has 0 saturated carbocycles. The van der Waals surface area contributed by atoms with Gasteiger partial charge in [-0.3, -0.25) is 0 Å². The second-order valence-corrected chi connectivity index (χ2v) is 3.97. The fourth-order valence-electron chi connectivity index (χ4n) is 1.03. The van der Waals surface area contributed by atoms with Crippen LogP contribution in [-0.2, 0) is 11.3 Å². The second kappa shape index (κ2) is 4.37. The molecule has 0 fully saturated rings. The van der Waals surface area contributed by atoms with Crippen LogP contribution in [0.4, 0.5) is 0 Å². The van der Waals surface area contributed by atoms with Crippen molar-refractivity contribution >= 4 is 21.9 Å². The number of aryl methyl sites for hydroxylation is 1. The van der Waals surface area contributed by atoms with Crippen LogP contribution < -0.4 is 9.67 Å². The summed E-state index contributed by atoms with van der Waals surface area (Å²) in [6.07, 6.45) is 3.71. The summed E-state index contributed by atoms with van der Waals surface area (Å²) in [7, 11) is 0. The number of alkyl halides is 1. The molecule has 0 aliphatic heterocycles. The molecule has 13 heavy (non-hydrogen) atoms. The Morgan fingerprint density at radius 1 is 1.77 bits per heavy atom. The fraction of sp³-hybridized carbons (Fsp3) is 0.333. The van der Waals surface area contributed by atoms with Gasteiger partial charge in [-0.15, -0.1) is 0 Å². The summed E-state index contributed by atoms with van der Waals surface area (Å²) in [4.78, 5) is 9.78. The number of carbonyl (C=O) groups is 1. The first-order valence-electron chi connectivity index (χ1n) is 3.90. The number of carbonyl (C=O) groups excluding carboxylic acids is 1. The van der Waals surface area contributed by atoms with Crippen molar-refractivity contribution < 1.29 is 14.5 Å². The van der Waals surface area contributed by atoms with Crippen molar-refractivity contribution in [1.29, 1.82) is 0 Å². The van der Waals surface area contributed by atoms with Gasteiger partial charge in [0.05, 0.1) is 5.97 Å². The maximum absolute atomic E-state index is 10.4. The Morgan fingerprint density at radius 2 is 2.46 bits per heavy atom. The van der Waals surface area contributed by atoms with Crippen LogP contribution in [0.15, 0.2) is 24.5 Å². The SMILES string of the molecule is Cc1ccc[n+](C[C@@H](Br)C(=O)[O-])c1. The number of halogens is 1. The molecule has 0 aliphatic carbocycles. The smallest absolute Gasteiger partial charge is 0.171 e. The van der Waals surface area contributed by atoms with E-state index >= 15 is 0 Å².